The van der Waals surface area contributed by atoms with Gasteiger partial charge in [-0.1, -0.05) is 43.0 Å². The standard InChI is InChI=1S/C26H28O6/c1-3-24(27)30-16-17-31-25(28)20-8-10-21(11-9-20)26(29)32-22-14-12-19(13-15-22)23-7-5-4-6-18(23)2/h3-7,12-15,20-21H,1,8-11,16-17H2,2H3. The van der Waals surface area contributed by atoms with Gasteiger partial charge in [-0.15, -0.1) is 0 Å². The Morgan fingerprint density at radius 3 is 2.09 bits per heavy atom. The van der Waals surface area contributed by atoms with Gasteiger partial charge in [0.05, 0.1) is 11.8 Å². The summed E-state index contributed by atoms with van der Waals surface area (Å²) >= 11 is 0. The van der Waals surface area contributed by atoms with Gasteiger partial charge >= 0.3 is 17.9 Å². The average molecular weight is 437 g/mol. The summed E-state index contributed by atoms with van der Waals surface area (Å²) in [5.74, 6) is -1.10. The fraction of sp³-hybridized carbons (Fsp3) is 0.346. The number of carbonyl (C=O) groups is 3. The van der Waals surface area contributed by atoms with Crippen LogP contribution in [0.15, 0.2) is 61.2 Å². The second kappa shape index (κ2) is 11.3. The van der Waals surface area contributed by atoms with Crippen molar-refractivity contribution in [2.24, 2.45) is 11.8 Å². The van der Waals surface area contributed by atoms with E-state index in [9.17, 15) is 14.4 Å². The van der Waals surface area contributed by atoms with E-state index in [4.69, 9.17) is 14.2 Å². The molecular weight excluding hydrogens is 408 g/mol. The first-order valence-electron chi connectivity index (χ1n) is 10.8. The summed E-state index contributed by atoms with van der Waals surface area (Å²) in [6.07, 6.45) is 3.34. The lowest BCUT2D eigenvalue weighted by Gasteiger charge is -2.25. The van der Waals surface area contributed by atoms with Crippen LogP contribution in [0, 0.1) is 18.8 Å². The molecule has 0 unspecified atom stereocenters. The molecule has 6 heteroatoms. The smallest absolute Gasteiger partial charge is 0.330 e. The lowest BCUT2D eigenvalue weighted by molar-refractivity contribution is -0.155. The van der Waals surface area contributed by atoms with Gasteiger partial charge in [-0.05, 0) is 61.4 Å². The Morgan fingerprint density at radius 1 is 0.875 bits per heavy atom. The van der Waals surface area contributed by atoms with E-state index in [1.807, 2.05) is 36.4 Å². The third kappa shape index (κ3) is 6.30. The molecule has 0 heterocycles. The minimum absolute atomic E-state index is 0.000888. The number of hydrogen-bond donors (Lipinski definition) is 0. The fourth-order valence-electron chi connectivity index (χ4n) is 3.82. The van der Waals surface area contributed by atoms with E-state index < -0.39 is 5.97 Å². The zero-order chi connectivity index (χ0) is 22.9. The highest BCUT2D eigenvalue weighted by Crippen LogP contribution is 2.31. The number of carbonyl (C=O) groups excluding carboxylic acids is 3. The molecule has 6 nitrogen and oxygen atoms in total. The molecule has 0 aromatic heterocycles. The second-order valence-electron chi connectivity index (χ2n) is 7.85. The molecule has 0 N–H and O–H groups in total. The van der Waals surface area contributed by atoms with Crippen molar-refractivity contribution in [2.45, 2.75) is 32.6 Å². The maximum atomic E-state index is 12.6. The predicted octanol–water partition coefficient (Wildman–Crippen LogP) is 4.65. The quantitative estimate of drug-likeness (QED) is 0.259. The van der Waals surface area contributed by atoms with Gasteiger partial charge in [0, 0.05) is 6.08 Å². The molecule has 0 radical (unpaired) electrons. The molecule has 2 aromatic rings. The van der Waals surface area contributed by atoms with Crippen LogP contribution in [0.25, 0.3) is 11.1 Å². The molecule has 0 aliphatic heterocycles. The Morgan fingerprint density at radius 2 is 1.47 bits per heavy atom. The monoisotopic (exact) mass is 436 g/mol. The highest BCUT2D eigenvalue weighted by molar-refractivity contribution is 5.81. The molecule has 32 heavy (non-hydrogen) atoms. The number of aryl methyl sites for hydroxylation is 1. The summed E-state index contributed by atoms with van der Waals surface area (Å²) in [5.41, 5.74) is 3.40. The normalized spacial score (nSPS) is 17.8. The molecule has 168 valence electrons. The van der Waals surface area contributed by atoms with Crippen LogP contribution in [-0.2, 0) is 23.9 Å². The van der Waals surface area contributed by atoms with Gasteiger partial charge < -0.3 is 14.2 Å². The first-order valence-corrected chi connectivity index (χ1v) is 10.8. The molecular formula is C26H28O6. The summed E-state index contributed by atoms with van der Waals surface area (Å²) in [4.78, 5) is 35.7. The van der Waals surface area contributed by atoms with Crippen molar-refractivity contribution >= 4 is 17.9 Å². The highest BCUT2D eigenvalue weighted by atomic mass is 16.6. The van der Waals surface area contributed by atoms with Gasteiger partial charge in [0.2, 0.25) is 0 Å². The maximum absolute atomic E-state index is 12.6. The largest absolute Gasteiger partial charge is 0.462 e. The number of rotatable bonds is 8. The zero-order valence-electron chi connectivity index (χ0n) is 18.3. The summed E-state index contributed by atoms with van der Waals surface area (Å²) in [7, 11) is 0. The molecule has 0 atom stereocenters. The maximum Gasteiger partial charge on any atom is 0.330 e. The number of ether oxygens (including phenoxy) is 3. The molecule has 1 saturated carbocycles. The van der Waals surface area contributed by atoms with Gasteiger partial charge in [-0.3, -0.25) is 9.59 Å². The molecule has 0 saturated heterocycles. The van der Waals surface area contributed by atoms with Crippen molar-refractivity contribution in [1.82, 2.24) is 0 Å². The minimum atomic E-state index is -0.551. The SMILES string of the molecule is C=CC(=O)OCCOC(=O)C1CCC(C(=O)Oc2ccc(-c3ccccc3C)cc2)CC1. The Bertz CT molecular complexity index is 955. The van der Waals surface area contributed by atoms with Crippen LogP contribution in [0.2, 0.25) is 0 Å². The van der Waals surface area contributed by atoms with E-state index in [0.717, 1.165) is 17.2 Å². The summed E-state index contributed by atoms with van der Waals surface area (Å²) in [5, 5.41) is 0. The molecule has 3 rings (SSSR count). The van der Waals surface area contributed by atoms with Crippen LogP contribution in [0.5, 0.6) is 5.75 Å². The van der Waals surface area contributed by atoms with E-state index in [2.05, 4.69) is 25.6 Å². The first-order chi connectivity index (χ1) is 15.5. The van der Waals surface area contributed by atoms with Gasteiger partial charge in [0.25, 0.3) is 0 Å². The second-order valence-corrected chi connectivity index (χ2v) is 7.85. The van der Waals surface area contributed by atoms with Gasteiger partial charge in [0.1, 0.15) is 19.0 Å². The molecule has 1 aliphatic carbocycles. The van der Waals surface area contributed by atoms with Crippen molar-refractivity contribution < 1.29 is 28.6 Å². The number of hydrogen-bond acceptors (Lipinski definition) is 6. The van der Waals surface area contributed by atoms with E-state index in [1.165, 1.54) is 5.56 Å². The van der Waals surface area contributed by atoms with Gasteiger partial charge in [-0.25, -0.2) is 4.79 Å². The highest BCUT2D eigenvalue weighted by Gasteiger charge is 2.31. The summed E-state index contributed by atoms with van der Waals surface area (Å²) < 4.78 is 15.5. The van der Waals surface area contributed by atoms with E-state index in [1.54, 1.807) is 0 Å². The average Bonchev–Trinajstić information content (AvgIpc) is 2.82. The number of benzene rings is 2. The number of esters is 3. The van der Waals surface area contributed by atoms with E-state index in [0.29, 0.717) is 31.4 Å². The van der Waals surface area contributed by atoms with Gasteiger partial charge in [-0.2, -0.15) is 0 Å². The van der Waals surface area contributed by atoms with Gasteiger partial charge in [0.15, 0.2) is 0 Å². The van der Waals surface area contributed by atoms with Crippen molar-refractivity contribution in [3.63, 3.8) is 0 Å². The van der Waals surface area contributed by atoms with Crippen LogP contribution in [0.3, 0.4) is 0 Å². The third-order valence-electron chi connectivity index (χ3n) is 5.66. The summed E-state index contributed by atoms with van der Waals surface area (Å²) in [6.45, 7) is 5.37. The Labute approximate surface area is 188 Å². The molecule has 0 spiro atoms. The van der Waals surface area contributed by atoms with E-state index >= 15 is 0 Å². The molecule has 1 fully saturated rings. The van der Waals surface area contributed by atoms with Crippen LogP contribution in [0.1, 0.15) is 31.2 Å². The predicted molar refractivity (Wildman–Crippen MR) is 120 cm³/mol. The lowest BCUT2D eigenvalue weighted by atomic mass is 9.82. The molecule has 2 aromatic carbocycles. The lowest BCUT2D eigenvalue weighted by Crippen LogP contribution is -2.30. The topological polar surface area (TPSA) is 78.9 Å². The zero-order valence-corrected chi connectivity index (χ0v) is 18.3. The minimum Gasteiger partial charge on any atom is -0.462 e. The van der Waals surface area contributed by atoms with Crippen LogP contribution >= 0.6 is 0 Å². The Hall–Kier alpha value is -3.41. The van der Waals surface area contributed by atoms with Crippen molar-refractivity contribution in [3.05, 3.63) is 66.7 Å². The van der Waals surface area contributed by atoms with E-state index in [-0.39, 0.29) is 37.0 Å². The molecule has 0 bridgehead atoms. The van der Waals surface area contributed by atoms with Crippen LogP contribution in [-0.4, -0.2) is 31.1 Å². The molecule has 1 aliphatic rings. The fourth-order valence-corrected chi connectivity index (χ4v) is 3.82. The van der Waals surface area contributed by atoms with Crippen molar-refractivity contribution in [3.8, 4) is 16.9 Å². The van der Waals surface area contributed by atoms with Crippen LogP contribution in [0.4, 0.5) is 0 Å². The first kappa shape index (κ1) is 23.3. The Kier molecular flexibility index (Phi) is 8.20. The third-order valence-corrected chi connectivity index (χ3v) is 5.66. The van der Waals surface area contributed by atoms with Crippen molar-refractivity contribution in [1.29, 1.82) is 0 Å². The van der Waals surface area contributed by atoms with Crippen LogP contribution < -0.4 is 4.74 Å². The Balaban J connectivity index is 1.43. The molecule has 0 amide bonds. The van der Waals surface area contributed by atoms with Crippen molar-refractivity contribution in [2.75, 3.05) is 13.2 Å². The summed E-state index contributed by atoms with van der Waals surface area (Å²) in [6, 6.07) is 15.6.